The summed E-state index contributed by atoms with van der Waals surface area (Å²) < 4.78 is 41.9. The number of fused-ring (bicyclic) bond motifs is 1. The summed E-state index contributed by atoms with van der Waals surface area (Å²) in [6.07, 6.45) is -5.17. The van der Waals surface area contributed by atoms with Crippen molar-refractivity contribution in [3.05, 3.63) is 71.8 Å². The number of aliphatic hydroxyl groups is 1. The van der Waals surface area contributed by atoms with Gasteiger partial charge in [0.2, 0.25) is 6.29 Å². The predicted octanol–water partition coefficient (Wildman–Crippen LogP) is 3.32. The van der Waals surface area contributed by atoms with Crippen molar-refractivity contribution >= 4 is 11.9 Å². The maximum Gasteiger partial charge on any atom is 0.340 e. The summed E-state index contributed by atoms with van der Waals surface area (Å²) in [6.45, 7) is 7.26. The molecule has 3 saturated heterocycles. The van der Waals surface area contributed by atoms with Crippen molar-refractivity contribution in [1.29, 1.82) is 0 Å². The van der Waals surface area contributed by atoms with Gasteiger partial charge >= 0.3 is 11.9 Å². The lowest BCUT2D eigenvalue weighted by Crippen LogP contribution is -2.58. The molecule has 5 rings (SSSR count). The summed E-state index contributed by atoms with van der Waals surface area (Å²) in [5, 5.41) is 10.4. The number of hydrogen-bond donors (Lipinski definition) is 1. The number of carbonyl (C=O) groups excluding carboxylic acids is 2. The van der Waals surface area contributed by atoms with Gasteiger partial charge < -0.3 is 38.3 Å². The van der Waals surface area contributed by atoms with Crippen LogP contribution in [-0.4, -0.2) is 79.1 Å². The zero-order chi connectivity index (χ0) is 28.4. The van der Waals surface area contributed by atoms with Gasteiger partial charge in [-0.25, -0.2) is 9.59 Å². The topological polar surface area (TPSA) is 119 Å². The first-order valence-corrected chi connectivity index (χ1v) is 13.6. The van der Waals surface area contributed by atoms with Crippen molar-refractivity contribution in [3.63, 3.8) is 0 Å². The van der Waals surface area contributed by atoms with Gasteiger partial charge in [0.25, 0.3) is 0 Å². The average molecular weight is 557 g/mol. The first kappa shape index (κ1) is 28.7. The third kappa shape index (κ3) is 6.22. The van der Waals surface area contributed by atoms with E-state index in [0.29, 0.717) is 11.1 Å². The molecule has 10 nitrogen and oxygen atoms in total. The van der Waals surface area contributed by atoms with Crippen molar-refractivity contribution in [2.75, 3.05) is 13.2 Å². The third-order valence-corrected chi connectivity index (χ3v) is 7.52. The van der Waals surface area contributed by atoms with E-state index in [1.165, 1.54) is 0 Å². The summed E-state index contributed by atoms with van der Waals surface area (Å²) in [4.78, 5) is 25.6. The molecule has 0 spiro atoms. The minimum absolute atomic E-state index is 0.0157. The molecule has 0 radical (unpaired) electrons. The molecule has 0 aromatic heterocycles. The van der Waals surface area contributed by atoms with Gasteiger partial charge in [-0.15, -0.1) is 0 Å². The smallest absolute Gasteiger partial charge is 0.340 e. The first-order valence-electron chi connectivity index (χ1n) is 13.6. The fraction of sp³-hybridized carbons (Fsp3) is 0.533. The standard InChI is InChI=1S/C30H36O10/c1-17-22(16-34-26(32)19-11-7-5-8-12-19)36-28(38-27(33)20-13-9-6-10-14-20)18(2)23(17)37-29-25-24(21(31)15-35-29)39-30(3,4)40-25/h5-14,17-18,21-25,28-29,31H,15-16H2,1-4H3/t17-,18?,21-,22?,23+,24+,25?,28+,29-/m1/s1. The molecule has 3 aliphatic rings. The Morgan fingerprint density at radius 2 is 1.48 bits per heavy atom. The van der Waals surface area contributed by atoms with Gasteiger partial charge in [0.15, 0.2) is 12.1 Å². The zero-order valence-corrected chi connectivity index (χ0v) is 23.0. The van der Waals surface area contributed by atoms with Gasteiger partial charge in [-0.2, -0.15) is 0 Å². The van der Waals surface area contributed by atoms with Crippen LogP contribution in [0, 0.1) is 11.8 Å². The van der Waals surface area contributed by atoms with E-state index in [0.717, 1.165) is 0 Å². The highest BCUT2D eigenvalue weighted by Gasteiger charge is 2.54. The van der Waals surface area contributed by atoms with Crippen LogP contribution >= 0.6 is 0 Å². The average Bonchev–Trinajstić information content (AvgIpc) is 3.29. The minimum Gasteiger partial charge on any atom is -0.459 e. The molecule has 10 heteroatoms. The largest absolute Gasteiger partial charge is 0.459 e. The Balaban J connectivity index is 1.34. The molecule has 0 bridgehead atoms. The third-order valence-electron chi connectivity index (χ3n) is 7.52. The molecule has 40 heavy (non-hydrogen) atoms. The molecule has 0 saturated carbocycles. The van der Waals surface area contributed by atoms with E-state index in [2.05, 4.69) is 0 Å². The number of hydrogen-bond acceptors (Lipinski definition) is 10. The monoisotopic (exact) mass is 556 g/mol. The predicted molar refractivity (Wildman–Crippen MR) is 140 cm³/mol. The Labute approximate surface area is 233 Å². The van der Waals surface area contributed by atoms with Crippen LogP contribution in [0.2, 0.25) is 0 Å². The lowest BCUT2D eigenvalue weighted by Gasteiger charge is -2.46. The SMILES string of the molecule is CC1[C@H](OC(=O)c2ccccc2)OC(COC(=O)c2ccccc2)[C@@H](C)[C@@H]1O[C@H]1OC[C@@H](O)[C@@H]2OC(C)(C)OC12. The van der Waals surface area contributed by atoms with Gasteiger partial charge in [-0.3, -0.25) is 0 Å². The summed E-state index contributed by atoms with van der Waals surface area (Å²) in [5.74, 6) is -2.67. The van der Waals surface area contributed by atoms with Crippen LogP contribution in [0.1, 0.15) is 48.4 Å². The molecule has 0 amide bonds. The Morgan fingerprint density at radius 3 is 2.12 bits per heavy atom. The Bertz CT molecular complexity index is 1160. The molecular formula is C30H36O10. The van der Waals surface area contributed by atoms with Crippen molar-refractivity contribution in [3.8, 4) is 0 Å². The molecule has 1 N–H and O–H groups in total. The molecule has 3 heterocycles. The Morgan fingerprint density at radius 1 is 0.875 bits per heavy atom. The van der Waals surface area contributed by atoms with Crippen molar-refractivity contribution < 1.29 is 47.9 Å². The summed E-state index contributed by atoms with van der Waals surface area (Å²) >= 11 is 0. The van der Waals surface area contributed by atoms with Gasteiger partial charge in [-0.05, 0) is 38.1 Å². The van der Waals surface area contributed by atoms with E-state index in [1.807, 2.05) is 26.0 Å². The lowest BCUT2D eigenvalue weighted by atomic mass is 9.85. The fourth-order valence-corrected chi connectivity index (χ4v) is 5.38. The van der Waals surface area contributed by atoms with Crippen molar-refractivity contribution in [2.45, 2.75) is 76.6 Å². The fourth-order valence-electron chi connectivity index (χ4n) is 5.38. The molecule has 3 fully saturated rings. The normalized spacial score (nSPS) is 35.0. The zero-order valence-electron chi connectivity index (χ0n) is 23.0. The molecule has 0 aliphatic carbocycles. The molecule has 216 valence electrons. The molecule has 2 aromatic rings. The van der Waals surface area contributed by atoms with Crippen molar-refractivity contribution in [2.24, 2.45) is 11.8 Å². The van der Waals surface area contributed by atoms with E-state index >= 15 is 0 Å². The van der Waals surface area contributed by atoms with Gasteiger partial charge in [0.05, 0.1) is 23.8 Å². The van der Waals surface area contributed by atoms with Gasteiger partial charge in [0, 0.05) is 11.8 Å². The van der Waals surface area contributed by atoms with E-state index in [4.69, 9.17) is 33.2 Å². The summed E-state index contributed by atoms with van der Waals surface area (Å²) in [6, 6.07) is 17.3. The van der Waals surface area contributed by atoms with Crippen LogP contribution in [0.5, 0.6) is 0 Å². The van der Waals surface area contributed by atoms with E-state index in [1.54, 1.807) is 62.4 Å². The lowest BCUT2D eigenvalue weighted by molar-refractivity contribution is -0.314. The van der Waals surface area contributed by atoms with Crippen LogP contribution in [-0.2, 0) is 33.2 Å². The summed E-state index contributed by atoms with van der Waals surface area (Å²) in [7, 11) is 0. The highest BCUT2D eigenvalue weighted by molar-refractivity contribution is 5.89. The number of ether oxygens (including phenoxy) is 7. The molecule has 3 unspecified atom stereocenters. The van der Waals surface area contributed by atoms with Crippen LogP contribution in [0.4, 0.5) is 0 Å². The Kier molecular flexibility index (Phi) is 8.55. The number of rotatable bonds is 7. The maximum atomic E-state index is 12.9. The van der Waals surface area contributed by atoms with E-state index in [-0.39, 0.29) is 19.1 Å². The second kappa shape index (κ2) is 11.9. The number of esters is 2. The van der Waals surface area contributed by atoms with Gasteiger partial charge in [0.1, 0.15) is 31.0 Å². The molecule has 9 atom stereocenters. The summed E-state index contributed by atoms with van der Waals surface area (Å²) in [5.41, 5.74) is 0.799. The van der Waals surface area contributed by atoms with Gasteiger partial charge in [-0.1, -0.05) is 50.2 Å². The molecule has 3 aliphatic heterocycles. The quantitative estimate of drug-likeness (QED) is 0.509. The second-order valence-electron chi connectivity index (χ2n) is 10.9. The number of aliphatic hydroxyl groups excluding tert-OH is 1. The number of benzene rings is 2. The second-order valence-corrected chi connectivity index (χ2v) is 10.9. The van der Waals surface area contributed by atoms with Crippen LogP contribution < -0.4 is 0 Å². The van der Waals surface area contributed by atoms with E-state index < -0.39 is 66.7 Å². The number of carbonyl (C=O) groups is 2. The maximum absolute atomic E-state index is 12.9. The first-order chi connectivity index (χ1) is 19.1. The Hall–Kier alpha value is -2.86. The molecular weight excluding hydrogens is 520 g/mol. The van der Waals surface area contributed by atoms with E-state index in [9.17, 15) is 14.7 Å². The highest BCUT2D eigenvalue weighted by atomic mass is 16.8. The van der Waals surface area contributed by atoms with Crippen LogP contribution in [0.15, 0.2) is 60.7 Å². The minimum atomic E-state index is -0.989. The van der Waals surface area contributed by atoms with Crippen LogP contribution in [0.3, 0.4) is 0 Å². The highest BCUT2D eigenvalue weighted by Crippen LogP contribution is 2.40. The van der Waals surface area contributed by atoms with Crippen LogP contribution in [0.25, 0.3) is 0 Å². The molecule has 2 aromatic carbocycles. The van der Waals surface area contributed by atoms with Crippen molar-refractivity contribution in [1.82, 2.24) is 0 Å².